The first-order valence-corrected chi connectivity index (χ1v) is 5.06. The summed E-state index contributed by atoms with van der Waals surface area (Å²) in [5.41, 5.74) is 1.92. The molecule has 0 aliphatic heterocycles. The highest BCUT2D eigenvalue weighted by Crippen LogP contribution is 2.03. The number of nitrogens with one attached hydrogen (secondary N) is 1. The van der Waals surface area contributed by atoms with Crippen molar-refractivity contribution in [1.29, 1.82) is 0 Å². The van der Waals surface area contributed by atoms with E-state index >= 15 is 0 Å². The number of allylic oxidation sites excluding steroid dienone is 2. The van der Waals surface area contributed by atoms with Gasteiger partial charge in [0.2, 0.25) is 0 Å². The van der Waals surface area contributed by atoms with Crippen molar-refractivity contribution in [2.75, 3.05) is 20.6 Å². The average Bonchev–Trinajstić information content (AvgIpc) is 2.21. The molecular weight excluding hydrogens is 172 g/mol. The lowest BCUT2D eigenvalue weighted by Crippen LogP contribution is -2.17. The molecule has 0 atom stereocenters. The number of likely N-dealkylation sites (N-methyl/N-ethyl adjacent to an activating group) is 2. The molecule has 0 saturated heterocycles. The molecule has 0 spiro atoms. The van der Waals surface area contributed by atoms with Crippen LogP contribution < -0.4 is 5.32 Å². The van der Waals surface area contributed by atoms with Gasteiger partial charge in [-0.15, -0.1) is 0 Å². The van der Waals surface area contributed by atoms with Gasteiger partial charge in [-0.2, -0.15) is 0 Å². The van der Waals surface area contributed by atoms with Gasteiger partial charge in [-0.25, -0.2) is 0 Å². The Hall–Kier alpha value is -1.18. The minimum atomic E-state index is 0.898. The topological polar surface area (TPSA) is 15.3 Å². The molecule has 0 saturated carbocycles. The highest BCUT2D eigenvalue weighted by molar-refractivity contribution is 5.22. The van der Waals surface area contributed by atoms with E-state index in [2.05, 4.69) is 37.3 Å². The molecule has 14 heavy (non-hydrogen) atoms. The van der Waals surface area contributed by atoms with Crippen LogP contribution in [-0.4, -0.2) is 25.5 Å². The Kier molecular flexibility index (Phi) is 6.63. The lowest BCUT2D eigenvalue weighted by molar-refractivity contribution is 0.419. The van der Waals surface area contributed by atoms with Gasteiger partial charge in [-0.05, 0) is 18.6 Å². The maximum atomic E-state index is 3.98. The Morgan fingerprint density at radius 2 is 2.00 bits per heavy atom. The van der Waals surface area contributed by atoms with Crippen molar-refractivity contribution in [1.82, 2.24) is 10.2 Å². The highest BCUT2D eigenvalue weighted by atomic mass is 15.1. The lowest BCUT2D eigenvalue weighted by Gasteiger charge is -2.18. The summed E-state index contributed by atoms with van der Waals surface area (Å²) < 4.78 is 0. The van der Waals surface area contributed by atoms with E-state index in [1.54, 1.807) is 0 Å². The molecular formula is C12H22N2. The van der Waals surface area contributed by atoms with Crippen LogP contribution in [-0.2, 0) is 0 Å². The minimum Gasteiger partial charge on any atom is -0.389 e. The molecule has 0 bridgehead atoms. The normalized spacial score (nSPS) is 10.2. The summed E-state index contributed by atoms with van der Waals surface area (Å²) in [4.78, 5) is 2.16. The summed E-state index contributed by atoms with van der Waals surface area (Å²) in [7, 11) is 3.92. The zero-order valence-corrected chi connectivity index (χ0v) is 9.64. The van der Waals surface area contributed by atoms with Gasteiger partial charge in [0.25, 0.3) is 0 Å². The van der Waals surface area contributed by atoms with Crippen molar-refractivity contribution in [3.8, 4) is 0 Å². The maximum Gasteiger partial charge on any atom is 0.0291 e. The minimum absolute atomic E-state index is 0.898. The number of rotatable bonds is 7. The summed E-state index contributed by atoms with van der Waals surface area (Å²) in [5.74, 6) is 0. The van der Waals surface area contributed by atoms with Crippen LogP contribution in [0, 0.1) is 0 Å². The molecule has 0 radical (unpaired) electrons. The second-order valence-electron chi connectivity index (χ2n) is 3.38. The van der Waals surface area contributed by atoms with Crippen molar-refractivity contribution in [2.24, 2.45) is 0 Å². The van der Waals surface area contributed by atoms with Gasteiger partial charge >= 0.3 is 0 Å². The monoisotopic (exact) mass is 194 g/mol. The fraction of sp³-hybridized carbons (Fsp3) is 0.500. The number of hydrogen-bond donors (Lipinski definition) is 1. The first-order chi connectivity index (χ1) is 6.61. The average molecular weight is 194 g/mol. The Morgan fingerprint density at radius 3 is 2.50 bits per heavy atom. The molecule has 2 heteroatoms. The van der Waals surface area contributed by atoms with E-state index in [4.69, 9.17) is 0 Å². The van der Waals surface area contributed by atoms with Gasteiger partial charge < -0.3 is 10.2 Å². The fourth-order valence-electron chi connectivity index (χ4n) is 0.946. The second kappa shape index (κ2) is 7.25. The van der Waals surface area contributed by atoms with E-state index < -0.39 is 0 Å². The quantitative estimate of drug-likeness (QED) is 0.626. The molecule has 0 amide bonds. The SMILES string of the molecule is C=C(/C=C\C(=C)N(C)CCCC)NC. The van der Waals surface area contributed by atoms with Crippen LogP contribution in [0.4, 0.5) is 0 Å². The molecule has 0 aliphatic rings. The van der Waals surface area contributed by atoms with E-state index in [0.29, 0.717) is 0 Å². The third-order valence-electron chi connectivity index (χ3n) is 2.14. The summed E-state index contributed by atoms with van der Waals surface area (Å²) in [6, 6.07) is 0. The second-order valence-corrected chi connectivity index (χ2v) is 3.38. The number of hydrogen-bond acceptors (Lipinski definition) is 2. The smallest absolute Gasteiger partial charge is 0.0291 e. The third kappa shape index (κ3) is 5.46. The summed E-state index contributed by atoms with van der Waals surface area (Å²) >= 11 is 0. The van der Waals surface area contributed by atoms with Crippen LogP contribution in [0.2, 0.25) is 0 Å². The molecule has 0 heterocycles. The molecule has 0 aromatic heterocycles. The highest BCUT2D eigenvalue weighted by Gasteiger charge is 1.96. The zero-order valence-electron chi connectivity index (χ0n) is 9.64. The van der Waals surface area contributed by atoms with E-state index in [1.807, 2.05) is 19.2 Å². The molecule has 0 aromatic carbocycles. The molecule has 1 N–H and O–H groups in total. The summed E-state index contributed by atoms with van der Waals surface area (Å²) in [5, 5.41) is 2.96. The fourth-order valence-corrected chi connectivity index (χ4v) is 0.946. The van der Waals surface area contributed by atoms with Gasteiger partial charge in [-0.3, -0.25) is 0 Å². The van der Waals surface area contributed by atoms with Crippen molar-refractivity contribution < 1.29 is 0 Å². The van der Waals surface area contributed by atoms with Gasteiger partial charge in [0.05, 0.1) is 0 Å². The van der Waals surface area contributed by atoms with Crippen molar-refractivity contribution in [2.45, 2.75) is 19.8 Å². The predicted octanol–water partition coefficient (Wildman–Crippen LogP) is 2.52. The third-order valence-corrected chi connectivity index (χ3v) is 2.14. The Bertz CT molecular complexity index is 216. The molecule has 80 valence electrons. The van der Waals surface area contributed by atoms with Crippen LogP contribution in [0.15, 0.2) is 36.7 Å². The molecule has 0 rings (SSSR count). The van der Waals surface area contributed by atoms with Crippen LogP contribution in [0.5, 0.6) is 0 Å². The van der Waals surface area contributed by atoms with Gasteiger partial charge in [-0.1, -0.05) is 26.5 Å². The summed E-state index contributed by atoms with van der Waals surface area (Å²) in [6.45, 7) is 11.0. The molecule has 0 aliphatic carbocycles. The van der Waals surface area contributed by atoms with Gasteiger partial charge in [0.15, 0.2) is 0 Å². The largest absolute Gasteiger partial charge is 0.389 e. The predicted molar refractivity (Wildman–Crippen MR) is 64.0 cm³/mol. The lowest BCUT2D eigenvalue weighted by atomic mass is 10.3. The molecule has 0 unspecified atom stereocenters. The number of nitrogens with zero attached hydrogens (tertiary/aromatic N) is 1. The van der Waals surface area contributed by atoms with Crippen LogP contribution in [0.25, 0.3) is 0 Å². The van der Waals surface area contributed by atoms with E-state index in [0.717, 1.165) is 17.9 Å². The first kappa shape index (κ1) is 12.8. The van der Waals surface area contributed by atoms with Crippen LogP contribution >= 0.6 is 0 Å². The Balaban J connectivity index is 3.94. The van der Waals surface area contributed by atoms with Crippen molar-refractivity contribution in [3.05, 3.63) is 36.7 Å². The van der Waals surface area contributed by atoms with Gasteiger partial charge in [0.1, 0.15) is 0 Å². The van der Waals surface area contributed by atoms with Gasteiger partial charge in [0, 0.05) is 32.0 Å². The Morgan fingerprint density at radius 1 is 1.36 bits per heavy atom. The summed E-state index contributed by atoms with van der Waals surface area (Å²) in [6.07, 6.45) is 6.33. The molecule has 2 nitrogen and oxygen atoms in total. The molecule has 0 fully saturated rings. The van der Waals surface area contributed by atoms with E-state index in [9.17, 15) is 0 Å². The van der Waals surface area contributed by atoms with E-state index in [-0.39, 0.29) is 0 Å². The standard InChI is InChI=1S/C12H22N2/c1-6-7-10-14(5)12(3)9-8-11(2)13-4/h8-9,13H,2-3,6-7,10H2,1,4-5H3/b9-8-. The number of unbranched alkanes of at least 4 members (excludes halogenated alkanes) is 1. The van der Waals surface area contributed by atoms with E-state index in [1.165, 1.54) is 12.8 Å². The Labute approximate surface area is 88.0 Å². The first-order valence-electron chi connectivity index (χ1n) is 5.06. The van der Waals surface area contributed by atoms with Crippen molar-refractivity contribution in [3.63, 3.8) is 0 Å². The van der Waals surface area contributed by atoms with Crippen LogP contribution in [0.3, 0.4) is 0 Å². The molecule has 0 aromatic rings. The van der Waals surface area contributed by atoms with Crippen molar-refractivity contribution >= 4 is 0 Å². The maximum absolute atomic E-state index is 3.98. The van der Waals surface area contributed by atoms with Crippen LogP contribution in [0.1, 0.15) is 19.8 Å². The zero-order chi connectivity index (χ0) is 11.0.